The lowest BCUT2D eigenvalue weighted by atomic mass is 9.94. The minimum absolute atomic E-state index is 0.0474. The maximum absolute atomic E-state index is 13.4. The molecule has 0 radical (unpaired) electrons. The molecule has 32 heavy (non-hydrogen) atoms. The Morgan fingerprint density at radius 3 is 2.22 bits per heavy atom. The first-order valence-electron chi connectivity index (χ1n) is 12.8. The second-order valence-corrected chi connectivity index (χ2v) is 9.59. The van der Waals surface area contributed by atoms with Crippen molar-refractivity contribution in [3.63, 3.8) is 0 Å². The molecule has 2 heterocycles. The van der Waals surface area contributed by atoms with Crippen LogP contribution in [0.2, 0.25) is 0 Å². The molecule has 2 aliphatic rings. The zero-order chi connectivity index (χ0) is 22.5. The Kier molecular flexibility index (Phi) is 7.84. The number of hydrogen-bond donors (Lipinski definition) is 2. The van der Waals surface area contributed by atoms with Gasteiger partial charge in [-0.05, 0) is 39.5 Å². The van der Waals surface area contributed by atoms with Crippen molar-refractivity contribution in [1.82, 2.24) is 29.3 Å². The lowest BCUT2D eigenvalue weighted by Gasteiger charge is -2.31. The van der Waals surface area contributed by atoms with Gasteiger partial charge in [-0.15, -0.1) is 0 Å². The molecule has 2 saturated carbocycles. The van der Waals surface area contributed by atoms with Gasteiger partial charge in [-0.1, -0.05) is 38.5 Å². The van der Waals surface area contributed by atoms with Gasteiger partial charge in [0.1, 0.15) is 0 Å². The van der Waals surface area contributed by atoms with E-state index in [1.807, 2.05) is 18.4 Å². The summed E-state index contributed by atoms with van der Waals surface area (Å²) in [5.74, 6) is 0. The van der Waals surface area contributed by atoms with Crippen molar-refractivity contribution in [3.05, 3.63) is 27.2 Å². The second kappa shape index (κ2) is 10.8. The first-order valence-corrected chi connectivity index (χ1v) is 12.8. The minimum atomic E-state index is -0.250. The van der Waals surface area contributed by atoms with E-state index in [0.717, 1.165) is 6.54 Å². The highest BCUT2D eigenvalue weighted by Crippen LogP contribution is 2.19. The molecule has 0 amide bonds. The van der Waals surface area contributed by atoms with Crippen molar-refractivity contribution < 1.29 is 0 Å². The van der Waals surface area contributed by atoms with E-state index < -0.39 is 0 Å². The maximum atomic E-state index is 13.4. The molecule has 0 aromatic carbocycles. The Morgan fingerprint density at radius 1 is 0.938 bits per heavy atom. The third-order valence-electron chi connectivity index (χ3n) is 7.38. The van der Waals surface area contributed by atoms with Crippen molar-refractivity contribution in [3.8, 4) is 0 Å². The predicted molar refractivity (Wildman–Crippen MR) is 128 cm³/mol. The van der Waals surface area contributed by atoms with E-state index in [-0.39, 0.29) is 17.3 Å². The molecule has 178 valence electrons. The lowest BCUT2D eigenvalue weighted by molar-refractivity contribution is 0.287. The van der Waals surface area contributed by atoms with Crippen LogP contribution in [0, 0.1) is 0 Å². The van der Waals surface area contributed by atoms with Gasteiger partial charge in [-0.3, -0.25) is 13.9 Å². The molecule has 0 aliphatic heterocycles. The number of imidazole rings is 1. The third kappa shape index (κ3) is 5.01. The van der Waals surface area contributed by atoms with Gasteiger partial charge in [0.15, 0.2) is 11.2 Å². The Balaban J connectivity index is 1.62. The van der Waals surface area contributed by atoms with Crippen molar-refractivity contribution in [2.24, 2.45) is 0 Å². The van der Waals surface area contributed by atoms with Gasteiger partial charge >= 0.3 is 5.69 Å². The molecule has 8 nitrogen and oxygen atoms in total. The summed E-state index contributed by atoms with van der Waals surface area (Å²) in [6.07, 6.45) is 14.2. The smallest absolute Gasteiger partial charge is 0.325 e. The highest BCUT2D eigenvalue weighted by molar-refractivity contribution is 5.70. The van der Waals surface area contributed by atoms with Crippen LogP contribution >= 0.6 is 0 Å². The molecular weight excluding hydrogens is 404 g/mol. The normalized spacial score (nSPS) is 19.6. The van der Waals surface area contributed by atoms with Crippen LogP contribution in [0.4, 0.5) is 0 Å². The molecule has 1 unspecified atom stereocenters. The van der Waals surface area contributed by atoms with Crippen LogP contribution in [-0.4, -0.2) is 43.4 Å². The molecule has 0 spiro atoms. The van der Waals surface area contributed by atoms with E-state index in [0.29, 0.717) is 42.9 Å². The molecule has 2 aromatic rings. The molecule has 4 rings (SSSR count). The van der Waals surface area contributed by atoms with E-state index in [1.165, 1.54) is 68.8 Å². The van der Waals surface area contributed by atoms with Crippen LogP contribution < -0.4 is 21.9 Å². The van der Waals surface area contributed by atoms with Crippen molar-refractivity contribution in [1.29, 1.82) is 0 Å². The summed E-state index contributed by atoms with van der Waals surface area (Å²) >= 11 is 0. The molecule has 0 bridgehead atoms. The van der Waals surface area contributed by atoms with E-state index in [1.54, 1.807) is 10.9 Å². The minimum Gasteiger partial charge on any atom is -0.325 e. The quantitative estimate of drug-likeness (QED) is 0.621. The number of aryl methyl sites for hydroxylation is 2. The monoisotopic (exact) mass is 444 g/mol. The van der Waals surface area contributed by atoms with Crippen LogP contribution in [0.3, 0.4) is 0 Å². The van der Waals surface area contributed by atoms with E-state index in [4.69, 9.17) is 0 Å². The topological polar surface area (TPSA) is 85.9 Å². The second-order valence-electron chi connectivity index (χ2n) is 9.59. The zero-order valence-corrected chi connectivity index (χ0v) is 19.8. The van der Waals surface area contributed by atoms with Gasteiger partial charge < -0.3 is 15.2 Å². The Bertz CT molecular complexity index is 994. The number of nitrogens with one attached hydrogen (secondary N) is 2. The first kappa shape index (κ1) is 23.2. The third-order valence-corrected chi connectivity index (χ3v) is 7.38. The molecule has 1 atom stereocenters. The van der Waals surface area contributed by atoms with Gasteiger partial charge in [0.05, 0.1) is 6.33 Å². The fourth-order valence-electron chi connectivity index (χ4n) is 5.54. The molecule has 0 saturated heterocycles. The zero-order valence-electron chi connectivity index (χ0n) is 19.8. The van der Waals surface area contributed by atoms with Crippen LogP contribution in [0.1, 0.15) is 78.1 Å². The van der Waals surface area contributed by atoms with Crippen LogP contribution in [0.25, 0.3) is 11.2 Å². The Hall–Kier alpha value is -1.93. The fraction of sp³-hybridized carbons (Fsp3) is 0.792. The van der Waals surface area contributed by atoms with Gasteiger partial charge in [-0.2, -0.15) is 0 Å². The van der Waals surface area contributed by atoms with Crippen molar-refractivity contribution in [2.45, 2.75) is 116 Å². The summed E-state index contributed by atoms with van der Waals surface area (Å²) in [7, 11) is 0. The van der Waals surface area contributed by atoms with E-state index in [2.05, 4.69) is 15.6 Å². The molecule has 2 aromatic heterocycles. The standard InChI is InChI=1S/C24H40N6O2/c1-3-28-17-26-22-21(28)23(31)30(24(32)29(22)4-2)16-20(27-19-13-9-6-10-14-19)15-25-18-11-7-5-8-12-18/h17-20,25,27H,3-16H2,1-2H3. The SMILES string of the molecule is CCn1cnc2c1c(=O)n(CC(CNC1CCCCC1)NC1CCCCC1)c(=O)n2CC. The van der Waals surface area contributed by atoms with E-state index >= 15 is 0 Å². The van der Waals surface area contributed by atoms with Crippen molar-refractivity contribution in [2.75, 3.05) is 6.54 Å². The summed E-state index contributed by atoms with van der Waals surface area (Å²) < 4.78 is 4.93. The Labute approximate surface area is 190 Å². The average Bonchev–Trinajstić information content (AvgIpc) is 3.26. The molecule has 2 fully saturated rings. The van der Waals surface area contributed by atoms with E-state index in [9.17, 15) is 9.59 Å². The number of rotatable bonds is 9. The molecular formula is C24H40N6O2. The highest BCUT2D eigenvalue weighted by Gasteiger charge is 2.23. The van der Waals surface area contributed by atoms with Crippen LogP contribution in [0.5, 0.6) is 0 Å². The highest BCUT2D eigenvalue weighted by atomic mass is 16.2. The summed E-state index contributed by atoms with van der Waals surface area (Å²) in [6.45, 7) is 6.25. The van der Waals surface area contributed by atoms with Crippen LogP contribution in [-0.2, 0) is 19.6 Å². The summed E-state index contributed by atoms with van der Waals surface area (Å²) in [4.78, 5) is 31.1. The largest absolute Gasteiger partial charge is 0.332 e. The summed E-state index contributed by atoms with van der Waals surface area (Å²) in [6, 6.07) is 1.06. The Morgan fingerprint density at radius 2 is 1.59 bits per heavy atom. The lowest BCUT2D eigenvalue weighted by Crippen LogP contribution is -2.52. The summed E-state index contributed by atoms with van der Waals surface area (Å²) in [5, 5.41) is 7.56. The molecule has 8 heteroatoms. The fourth-order valence-corrected chi connectivity index (χ4v) is 5.54. The van der Waals surface area contributed by atoms with Gasteiger partial charge in [0, 0.05) is 44.3 Å². The number of nitrogens with zero attached hydrogens (tertiary/aromatic N) is 4. The summed E-state index contributed by atoms with van der Waals surface area (Å²) in [5.41, 5.74) is 0.560. The number of fused-ring (bicyclic) bond motifs is 1. The molecule has 2 N–H and O–H groups in total. The molecule has 2 aliphatic carbocycles. The maximum Gasteiger partial charge on any atom is 0.332 e. The van der Waals surface area contributed by atoms with Crippen LogP contribution in [0.15, 0.2) is 15.9 Å². The number of hydrogen-bond acceptors (Lipinski definition) is 5. The average molecular weight is 445 g/mol. The van der Waals surface area contributed by atoms with Gasteiger partial charge in [-0.25, -0.2) is 9.78 Å². The van der Waals surface area contributed by atoms with Gasteiger partial charge in [0.25, 0.3) is 5.56 Å². The number of aromatic nitrogens is 4. The van der Waals surface area contributed by atoms with Gasteiger partial charge in [0.2, 0.25) is 0 Å². The predicted octanol–water partition coefficient (Wildman–Crippen LogP) is 2.61. The van der Waals surface area contributed by atoms with Crippen molar-refractivity contribution >= 4 is 11.2 Å². The first-order chi connectivity index (χ1) is 15.6.